The van der Waals surface area contributed by atoms with E-state index in [-0.39, 0.29) is 23.9 Å². The number of aromatic nitrogens is 1. The van der Waals surface area contributed by atoms with Crippen molar-refractivity contribution in [3.63, 3.8) is 0 Å². The summed E-state index contributed by atoms with van der Waals surface area (Å²) in [7, 11) is 0. The average molecular weight is 456 g/mol. The number of carbonyl (C=O) groups excluding carboxylic acids is 1. The topological polar surface area (TPSA) is 146 Å². The van der Waals surface area contributed by atoms with Gasteiger partial charge in [0.2, 0.25) is 5.91 Å². The molecule has 1 aliphatic carbocycles. The van der Waals surface area contributed by atoms with Crippen LogP contribution in [-0.4, -0.2) is 33.0 Å². The SMILES string of the molecule is CC(C(=O)Nc1ccc(N)cc1CC(=O)O)C1CCc2cc(Cl)cc3[nH]c(C(=O)O)c1c23. The molecule has 166 valence electrons. The molecule has 6 N–H and O–H groups in total. The molecule has 3 aromatic rings. The summed E-state index contributed by atoms with van der Waals surface area (Å²) in [5, 5.41) is 23.1. The molecule has 0 saturated heterocycles. The Morgan fingerprint density at radius 2 is 2.00 bits per heavy atom. The van der Waals surface area contributed by atoms with Gasteiger partial charge in [0.15, 0.2) is 0 Å². The third kappa shape index (κ3) is 3.89. The number of H-pyrrole nitrogens is 1. The number of carboxylic acids is 2. The van der Waals surface area contributed by atoms with Crippen LogP contribution in [0.5, 0.6) is 0 Å². The predicted octanol–water partition coefficient (Wildman–Crippen LogP) is 4.03. The van der Waals surface area contributed by atoms with Crippen LogP contribution in [0.4, 0.5) is 11.4 Å². The van der Waals surface area contributed by atoms with Crippen LogP contribution in [0.15, 0.2) is 30.3 Å². The molecule has 0 spiro atoms. The van der Waals surface area contributed by atoms with Crippen molar-refractivity contribution in [2.75, 3.05) is 11.1 Å². The van der Waals surface area contributed by atoms with E-state index in [4.69, 9.17) is 22.4 Å². The molecule has 0 bridgehead atoms. The van der Waals surface area contributed by atoms with Gasteiger partial charge in [-0.05, 0) is 65.8 Å². The van der Waals surface area contributed by atoms with Crippen molar-refractivity contribution < 1.29 is 24.6 Å². The standard InChI is InChI=1S/C23H22ClN3O5/c1-10(22(30)27-16-5-3-14(25)7-12(16)8-18(28)29)15-4-2-11-6-13(24)9-17-19(11)20(15)21(26-17)23(31)32/h3,5-7,9-10,15,26H,2,4,8,25H2,1H3,(H,27,30)(H,28,29)(H,31,32). The summed E-state index contributed by atoms with van der Waals surface area (Å²) in [4.78, 5) is 39.2. The number of hydrogen-bond donors (Lipinski definition) is 5. The predicted molar refractivity (Wildman–Crippen MR) is 121 cm³/mol. The lowest BCUT2D eigenvalue weighted by molar-refractivity contribution is -0.136. The number of nitrogens with two attached hydrogens (primary N) is 1. The van der Waals surface area contributed by atoms with Crippen LogP contribution in [-0.2, 0) is 22.4 Å². The molecule has 32 heavy (non-hydrogen) atoms. The summed E-state index contributed by atoms with van der Waals surface area (Å²) in [5.74, 6) is -3.36. The Hall–Kier alpha value is -3.52. The Bertz CT molecular complexity index is 1270. The smallest absolute Gasteiger partial charge is 0.352 e. The van der Waals surface area contributed by atoms with Crippen molar-refractivity contribution in [1.82, 2.24) is 4.98 Å². The summed E-state index contributed by atoms with van der Waals surface area (Å²) in [5.41, 5.74) is 9.21. The molecule has 1 heterocycles. The first kappa shape index (κ1) is 21.7. The lowest BCUT2D eigenvalue weighted by atomic mass is 9.76. The Labute approximate surface area is 188 Å². The average Bonchev–Trinajstić information content (AvgIpc) is 3.10. The first-order valence-corrected chi connectivity index (χ1v) is 10.5. The van der Waals surface area contributed by atoms with Gasteiger partial charge >= 0.3 is 11.9 Å². The molecule has 0 saturated carbocycles. The van der Waals surface area contributed by atoms with Gasteiger partial charge in [0, 0.05) is 33.2 Å². The maximum absolute atomic E-state index is 13.2. The number of aromatic carboxylic acids is 1. The second-order valence-electron chi connectivity index (χ2n) is 8.12. The van der Waals surface area contributed by atoms with Crippen molar-refractivity contribution in [2.45, 2.75) is 32.1 Å². The summed E-state index contributed by atoms with van der Waals surface area (Å²) in [6.07, 6.45) is 0.961. The third-order valence-electron chi connectivity index (χ3n) is 6.04. The van der Waals surface area contributed by atoms with Gasteiger partial charge in [-0.1, -0.05) is 18.5 Å². The Balaban J connectivity index is 1.69. The van der Waals surface area contributed by atoms with Crippen LogP contribution in [0, 0.1) is 5.92 Å². The molecule has 1 aliphatic rings. The number of aromatic amines is 1. The summed E-state index contributed by atoms with van der Waals surface area (Å²) < 4.78 is 0. The van der Waals surface area contributed by atoms with Gasteiger partial charge in [-0.25, -0.2) is 4.79 Å². The van der Waals surface area contributed by atoms with E-state index in [2.05, 4.69) is 10.3 Å². The van der Waals surface area contributed by atoms with Gasteiger partial charge < -0.3 is 26.2 Å². The van der Waals surface area contributed by atoms with E-state index in [0.717, 1.165) is 10.9 Å². The number of anilines is 2. The highest BCUT2D eigenvalue weighted by molar-refractivity contribution is 6.31. The van der Waals surface area contributed by atoms with E-state index >= 15 is 0 Å². The largest absolute Gasteiger partial charge is 0.481 e. The first-order valence-electron chi connectivity index (χ1n) is 10.1. The highest BCUT2D eigenvalue weighted by Gasteiger charge is 2.35. The van der Waals surface area contributed by atoms with Crippen molar-refractivity contribution in [3.8, 4) is 0 Å². The van der Waals surface area contributed by atoms with E-state index in [1.165, 1.54) is 6.07 Å². The molecule has 0 radical (unpaired) electrons. The Morgan fingerprint density at radius 1 is 1.25 bits per heavy atom. The van der Waals surface area contributed by atoms with Crippen LogP contribution in [0.1, 0.15) is 46.4 Å². The number of benzene rings is 2. The number of aryl methyl sites for hydroxylation is 1. The van der Waals surface area contributed by atoms with Gasteiger partial charge in [0.25, 0.3) is 0 Å². The second kappa shape index (κ2) is 8.20. The number of amides is 1. The van der Waals surface area contributed by atoms with Gasteiger partial charge in [-0.2, -0.15) is 0 Å². The molecule has 9 heteroatoms. The molecule has 2 aromatic carbocycles. The summed E-state index contributed by atoms with van der Waals surface area (Å²) in [6, 6.07) is 8.21. The Morgan fingerprint density at radius 3 is 2.69 bits per heavy atom. The minimum Gasteiger partial charge on any atom is -0.481 e. The number of hydrogen-bond acceptors (Lipinski definition) is 4. The van der Waals surface area contributed by atoms with Crippen molar-refractivity contribution >= 4 is 51.7 Å². The molecule has 0 aliphatic heterocycles. The molecular weight excluding hydrogens is 434 g/mol. The molecule has 0 fully saturated rings. The highest BCUT2D eigenvalue weighted by atomic mass is 35.5. The maximum Gasteiger partial charge on any atom is 0.352 e. The minimum absolute atomic E-state index is 0.0620. The van der Waals surface area contributed by atoms with Gasteiger partial charge in [0.05, 0.1) is 6.42 Å². The first-order chi connectivity index (χ1) is 15.2. The minimum atomic E-state index is -1.10. The van der Waals surface area contributed by atoms with Gasteiger partial charge in [-0.3, -0.25) is 9.59 Å². The number of aliphatic carboxylic acids is 1. The van der Waals surface area contributed by atoms with Crippen LogP contribution in [0.2, 0.25) is 5.02 Å². The van der Waals surface area contributed by atoms with Crippen molar-refractivity contribution in [1.29, 1.82) is 0 Å². The lowest BCUT2D eigenvalue weighted by Gasteiger charge is -2.28. The molecule has 2 atom stereocenters. The van der Waals surface area contributed by atoms with Crippen LogP contribution in [0.3, 0.4) is 0 Å². The number of halogens is 1. The molecule has 8 nitrogen and oxygen atoms in total. The number of rotatable bonds is 6. The van der Waals surface area contributed by atoms with Gasteiger partial charge in [0.1, 0.15) is 5.69 Å². The number of carboxylic acid groups (broad SMARTS) is 2. The zero-order chi connectivity index (χ0) is 23.2. The highest BCUT2D eigenvalue weighted by Crippen LogP contribution is 2.44. The van der Waals surface area contributed by atoms with Crippen LogP contribution >= 0.6 is 11.6 Å². The fourth-order valence-electron chi connectivity index (χ4n) is 4.57. The summed E-state index contributed by atoms with van der Waals surface area (Å²) in [6.45, 7) is 1.75. The van der Waals surface area contributed by atoms with Crippen molar-refractivity contribution in [2.24, 2.45) is 5.92 Å². The van der Waals surface area contributed by atoms with E-state index in [1.54, 1.807) is 25.1 Å². The second-order valence-corrected chi connectivity index (χ2v) is 8.55. The van der Waals surface area contributed by atoms with E-state index in [1.807, 2.05) is 6.07 Å². The third-order valence-corrected chi connectivity index (χ3v) is 6.26. The number of nitrogen functional groups attached to an aromatic ring is 1. The molecule has 1 aromatic heterocycles. The monoisotopic (exact) mass is 455 g/mol. The fraction of sp³-hybridized carbons (Fsp3) is 0.261. The summed E-state index contributed by atoms with van der Waals surface area (Å²) >= 11 is 6.19. The quantitative estimate of drug-likeness (QED) is 0.355. The number of carbonyl (C=O) groups is 3. The Kier molecular flexibility index (Phi) is 5.56. The zero-order valence-corrected chi connectivity index (χ0v) is 18.0. The van der Waals surface area contributed by atoms with Crippen molar-refractivity contribution in [3.05, 3.63) is 57.7 Å². The van der Waals surface area contributed by atoms with Crippen LogP contribution in [0.25, 0.3) is 10.9 Å². The number of nitrogens with one attached hydrogen (secondary N) is 2. The van der Waals surface area contributed by atoms with E-state index in [9.17, 15) is 19.5 Å². The fourth-order valence-corrected chi connectivity index (χ4v) is 4.81. The molecule has 2 unspecified atom stereocenters. The molecular formula is C23H22ClN3O5. The van der Waals surface area contributed by atoms with Crippen LogP contribution < -0.4 is 11.1 Å². The molecule has 1 amide bonds. The van der Waals surface area contributed by atoms with E-state index < -0.39 is 17.9 Å². The zero-order valence-electron chi connectivity index (χ0n) is 17.2. The normalized spacial score (nSPS) is 16.0. The lowest BCUT2D eigenvalue weighted by Crippen LogP contribution is -2.29. The van der Waals surface area contributed by atoms with Gasteiger partial charge in [-0.15, -0.1) is 0 Å². The maximum atomic E-state index is 13.2. The van der Waals surface area contributed by atoms with E-state index in [0.29, 0.717) is 45.9 Å². The molecule has 4 rings (SSSR count).